The van der Waals surface area contributed by atoms with Gasteiger partial charge in [-0.25, -0.2) is 9.50 Å². The highest BCUT2D eigenvalue weighted by Crippen LogP contribution is 2.47. The standard InChI is InChI=1S/C19H14Br2N4/c20-14-9-18(21)24-25-10-17(23-19(14)25)13-7-12(8-13)16-6-5-11-3-1-2-4-15(11)22-16/h1-6,9-10,12-13H,7-8H2. The minimum atomic E-state index is 0.477. The highest BCUT2D eigenvalue weighted by Gasteiger charge is 2.34. The van der Waals surface area contributed by atoms with Crippen LogP contribution in [0.25, 0.3) is 16.6 Å². The lowest BCUT2D eigenvalue weighted by Crippen LogP contribution is -2.21. The zero-order chi connectivity index (χ0) is 17.0. The highest BCUT2D eigenvalue weighted by atomic mass is 79.9. The third-order valence-electron chi connectivity index (χ3n) is 4.96. The molecule has 0 unspecified atom stereocenters. The van der Waals surface area contributed by atoms with Gasteiger partial charge in [-0.1, -0.05) is 24.3 Å². The topological polar surface area (TPSA) is 43.1 Å². The molecule has 0 atom stereocenters. The zero-order valence-corrected chi connectivity index (χ0v) is 16.4. The fourth-order valence-electron chi connectivity index (χ4n) is 3.54. The molecule has 0 saturated heterocycles. The molecule has 1 aliphatic rings. The van der Waals surface area contributed by atoms with E-state index in [9.17, 15) is 0 Å². The number of nitrogens with zero attached hydrogens (tertiary/aromatic N) is 4. The van der Waals surface area contributed by atoms with Crippen LogP contribution in [-0.2, 0) is 0 Å². The molecule has 25 heavy (non-hydrogen) atoms. The average molecular weight is 458 g/mol. The van der Waals surface area contributed by atoms with Crippen molar-refractivity contribution in [1.82, 2.24) is 19.6 Å². The van der Waals surface area contributed by atoms with Gasteiger partial charge < -0.3 is 0 Å². The summed E-state index contributed by atoms with van der Waals surface area (Å²) in [4.78, 5) is 9.61. The molecule has 0 aliphatic heterocycles. The molecule has 6 heteroatoms. The number of para-hydroxylation sites is 1. The molecule has 4 aromatic rings. The molecular weight excluding hydrogens is 444 g/mol. The lowest BCUT2D eigenvalue weighted by atomic mass is 9.71. The number of imidazole rings is 1. The third-order valence-corrected chi connectivity index (χ3v) is 5.93. The molecule has 4 nitrogen and oxygen atoms in total. The Labute approximate surface area is 161 Å². The van der Waals surface area contributed by atoms with Crippen LogP contribution in [0.1, 0.15) is 36.1 Å². The Morgan fingerprint density at radius 3 is 2.60 bits per heavy atom. The van der Waals surface area contributed by atoms with E-state index >= 15 is 0 Å². The van der Waals surface area contributed by atoms with Crippen molar-refractivity contribution in [3.63, 3.8) is 0 Å². The molecule has 1 aromatic carbocycles. The number of benzene rings is 1. The van der Waals surface area contributed by atoms with Crippen molar-refractivity contribution < 1.29 is 0 Å². The predicted molar refractivity (Wildman–Crippen MR) is 105 cm³/mol. The molecule has 1 fully saturated rings. The smallest absolute Gasteiger partial charge is 0.168 e. The van der Waals surface area contributed by atoms with E-state index in [-0.39, 0.29) is 0 Å². The van der Waals surface area contributed by atoms with Crippen LogP contribution in [0.2, 0.25) is 0 Å². The van der Waals surface area contributed by atoms with Gasteiger partial charge in [0.15, 0.2) is 5.65 Å². The molecular formula is C19H14Br2N4. The van der Waals surface area contributed by atoms with E-state index < -0.39 is 0 Å². The van der Waals surface area contributed by atoms with Gasteiger partial charge in [-0.05, 0) is 62.9 Å². The van der Waals surface area contributed by atoms with E-state index in [1.807, 2.05) is 22.8 Å². The number of aromatic nitrogens is 4. The van der Waals surface area contributed by atoms with E-state index in [0.717, 1.165) is 38.8 Å². The Balaban J connectivity index is 1.39. The van der Waals surface area contributed by atoms with Gasteiger partial charge >= 0.3 is 0 Å². The summed E-state index contributed by atoms with van der Waals surface area (Å²) in [5, 5.41) is 5.64. The first-order chi connectivity index (χ1) is 12.2. The minimum Gasteiger partial charge on any atom is -0.253 e. The molecule has 3 heterocycles. The summed E-state index contributed by atoms with van der Waals surface area (Å²) in [7, 11) is 0. The largest absolute Gasteiger partial charge is 0.253 e. The molecule has 0 N–H and O–H groups in total. The number of hydrogen-bond donors (Lipinski definition) is 0. The quantitative estimate of drug-likeness (QED) is 0.401. The van der Waals surface area contributed by atoms with Crippen molar-refractivity contribution in [3.05, 3.63) is 69.1 Å². The molecule has 0 spiro atoms. The summed E-state index contributed by atoms with van der Waals surface area (Å²) in [5.41, 5.74) is 4.25. The van der Waals surface area contributed by atoms with E-state index in [0.29, 0.717) is 11.8 Å². The molecule has 3 aromatic heterocycles. The summed E-state index contributed by atoms with van der Waals surface area (Å²) in [6, 6.07) is 14.6. The van der Waals surface area contributed by atoms with Crippen LogP contribution in [0.15, 0.2) is 57.7 Å². The van der Waals surface area contributed by atoms with Gasteiger partial charge in [0.1, 0.15) is 4.60 Å². The molecule has 1 saturated carbocycles. The van der Waals surface area contributed by atoms with Crippen LogP contribution in [0.5, 0.6) is 0 Å². The Bertz CT molecular complexity index is 1100. The summed E-state index contributed by atoms with van der Waals surface area (Å²) in [6.45, 7) is 0. The average Bonchev–Trinajstić information content (AvgIpc) is 2.97. The highest BCUT2D eigenvalue weighted by molar-refractivity contribution is 9.11. The van der Waals surface area contributed by atoms with Gasteiger partial charge in [-0.3, -0.25) is 4.98 Å². The molecule has 0 amide bonds. The summed E-state index contributed by atoms with van der Waals surface area (Å²) in [6.07, 6.45) is 4.22. The fraction of sp³-hybridized carbons (Fsp3) is 0.211. The van der Waals surface area contributed by atoms with Crippen molar-refractivity contribution in [2.24, 2.45) is 0 Å². The van der Waals surface area contributed by atoms with Gasteiger partial charge in [0.05, 0.1) is 21.9 Å². The van der Waals surface area contributed by atoms with E-state index in [1.54, 1.807) is 0 Å². The van der Waals surface area contributed by atoms with Gasteiger partial charge in [0.25, 0.3) is 0 Å². The number of fused-ring (bicyclic) bond motifs is 2. The second-order valence-electron chi connectivity index (χ2n) is 6.54. The summed E-state index contributed by atoms with van der Waals surface area (Å²) in [5.74, 6) is 0.994. The van der Waals surface area contributed by atoms with Crippen molar-refractivity contribution in [1.29, 1.82) is 0 Å². The van der Waals surface area contributed by atoms with Crippen LogP contribution in [0.3, 0.4) is 0 Å². The van der Waals surface area contributed by atoms with Crippen LogP contribution in [0, 0.1) is 0 Å². The second-order valence-corrected chi connectivity index (χ2v) is 8.21. The third kappa shape index (κ3) is 2.68. The first-order valence-electron chi connectivity index (χ1n) is 8.24. The number of pyridine rings is 1. The normalized spacial score (nSPS) is 20.1. The van der Waals surface area contributed by atoms with Crippen LogP contribution < -0.4 is 0 Å². The van der Waals surface area contributed by atoms with Gasteiger partial charge in [-0.2, -0.15) is 5.10 Å². The Morgan fingerprint density at radius 2 is 1.72 bits per heavy atom. The van der Waals surface area contributed by atoms with Gasteiger partial charge in [-0.15, -0.1) is 0 Å². The maximum Gasteiger partial charge on any atom is 0.168 e. The van der Waals surface area contributed by atoms with E-state index in [4.69, 9.17) is 9.97 Å². The first kappa shape index (κ1) is 15.5. The SMILES string of the molecule is Brc1cc(Br)c2nc(C3CC(c4ccc5ccccc5n4)C3)cn2n1. The first-order valence-corrected chi connectivity index (χ1v) is 9.83. The Kier molecular flexibility index (Phi) is 3.64. The minimum absolute atomic E-state index is 0.477. The fourth-order valence-corrected chi connectivity index (χ4v) is 4.73. The van der Waals surface area contributed by atoms with Crippen LogP contribution >= 0.6 is 31.9 Å². The summed E-state index contributed by atoms with van der Waals surface area (Å²) >= 11 is 6.98. The monoisotopic (exact) mass is 456 g/mol. The van der Waals surface area contributed by atoms with E-state index in [1.165, 1.54) is 11.1 Å². The zero-order valence-electron chi connectivity index (χ0n) is 13.2. The molecule has 0 bridgehead atoms. The van der Waals surface area contributed by atoms with Crippen LogP contribution in [0.4, 0.5) is 0 Å². The van der Waals surface area contributed by atoms with Gasteiger partial charge in [0, 0.05) is 22.9 Å². The molecule has 1 aliphatic carbocycles. The second kappa shape index (κ2) is 5.88. The molecule has 0 radical (unpaired) electrons. The van der Waals surface area contributed by atoms with Crippen molar-refractivity contribution >= 4 is 48.4 Å². The lowest BCUT2D eigenvalue weighted by molar-refractivity contribution is 0.340. The Hall–Kier alpha value is -1.79. The molecule has 5 rings (SSSR count). The maximum absolute atomic E-state index is 4.84. The van der Waals surface area contributed by atoms with Crippen LogP contribution in [-0.4, -0.2) is 19.6 Å². The van der Waals surface area contributed by atoms with Gasteiger partial charge in [0.2, 0.25) is 0 Å². The predicted octanol–water partition coefficient (Wildman–Crippen LogP) is 5.46. The Morgan fingerprint density at radius 1 is 0.920 bits per heavy atom. The number of hydrogen-bond acceptors (Lipinski definition) is 3. The summed E-state index contributed by atoms with van der Waals surface area (Å²) < 4.78 is 3.58. The van der Waals surface area contributed by atoms with Crippen molar-refractivity contribution in [2.75, 3.05) is 0 Å². The van der Waals surface area contributed by atoms with Crippen molar-refractivity contribution in [3.8, 4) is 0 Å². The molecule has 124 valence electrons. The maximum atomic E-state index is 4.84. The van der Waals surface area contributed by atoms with Crippen molar-refractivity contribution in [2.45, 2.75) is 24.7 Å². The number of halogens is 2. The van der Waals surface area contributed by atoms with E-state index in [2.05, 4.69) is 67.3 Å². The number of rotatable bonds is 2. The lowest BCUT2D eigenvalue weighted by Gasteiger charge is -2.33.